The van der Waals surface area contributed by atoms with Gasteiger partial charge in [0.05, 0.1) is 27.1 Å². The van der Waals surface area contributed by atoms with Crippen LogP contribution in [0.15, 0.2) is 36.0 Å². The zero-order chi connectivity index (χ0) is 23.4. The van der Waals surface area contributed by atoms with E-state index < -0.39 is 0 Å². The van der Waals surface area contributed by atoms with E-state index in [0.717, 1.165) is 76.7 Å². The number of hydrogen-bond acceptors (Lipinski definition) is 7. The first kappa shape index (κ1) is 23.7. The molecule has 0 atom stereocenters. The van der Waals surface area contributed by atoms with Gasteiger partial charge in [-0.2, -0.15) is 5.26 Å². The summed E-state index contributed by atoms with van der Waals surface area (Å²) >= 11 is 1.62. The van der Waals surface area contributed by atoms with E-state index in [2.05, 4.69) is 59.4 Å². The van der Waals surface area contributed by atoms with Crippen molar-refractivity contribution in [3.8, 4) is 27.6 Å². The van der Waals surface area contributed by atoms with Gasteiger partial charge in [0, 0.05) is 48.9 Å². The Kier molecular flexibility index (Phi) is 6.00. The standard InChI is InChI=1S/C27H26N6S.ClH/c1-16-5-4-6-20(17(16)2)23-21(10-28)26(33-8-7-27(14-33)12-29-13-27)32-22-9-19(11-30-24(22)23)25-18(3)31-15-34-25;/h4-6,9,11,15,29H,7-8,12-14H2,1-3H3;1H. The van der Waals surface area contributed by atoms with E-state index in [0.29, 0.717) is 11.0 Å². The molecule has 0 amide bonds. The summed E-state index contributed by atoms with van der Waals surface area (Å²) < 4.78 is 0. The Balaban J connectivity index is 0.00000253. The number of thiazole rings is 1. The van der Waals surface area contributed by atoms with Crippen molar-refractivity contribution in [2.75, 3.05) is 31.1 Å². The Morgan fingerprint density at radius 2 is 2.00 bits per heavy atom. The number of fused-ring (bicyclic) bond motifs is 1. The smallest absolute Gasteiger partial charge is 0.148 e. The fraction of sp³-hybridized carbons (Fsp3) is 0.333. The van der Waals surface area contributed by atoms with Crippen molar-refractivity contribution in [1.82, 2.24) is 20.3 Å². The third-order valence-electron chi connectivity index (χ3n) is 7.54. The maximum absolute atomic E-state index is 10.4. The van der Waals surface area contributed by atoms with Gasteiger partial charge in [0.25, 0.3) is 0 Å². The zero-order valence-corrected chi connectivity index (χ0v) is 21.7. The molecule has 8 heteroatoms. The number of benzene rings is 1. The van der Waals surface area contributed by atoms with E-state index >= 15 is 0 Å². The van der Waals surface area contributed by atoms with Crippen molar-refractivity contribution in [2.45, 2.75) is 27.2 Å². The van der Waals surface area contributed by atoms with E-state index in [1.54, 1.807) is 11.3 Å². The van der Waals surface area contributed by atoms with Crippen LogP contribution in [0, 0.1) is 37.5 Å². The largest absolute Gasteiger partial charge is 0.355 e. The Morgan fingerprint density at radius 3 is 2.66 bits per heavy atom. The van der Waals surface area contributed by atoms with Gasteiger partial charge in [0.1, 0.15) is 17.5 Å². The summed E-state index contributed by atoms with van der Waals surface area (Å²) in [7, 11) is 0. The SMILES string of the molecule is Cc1cccc(-c2c(C#N)c(N3CCC4(CNC4)C3)nc3cc(-c4scnc4C)cnc23)c1C.Cl. The highest BCUT2D eigenvalue weighted by atomic mass is 35.5. The molecule has 35 heavy (non-hydrogen) atoms. The Hall–Kier alpha value is -3.05. The summed E-state index contributed by atoms with van der Waals surface area (Å²) in [5.74, 6) is 0.787. The molecule has 2 saturated heterocycles. The average Bonchev–Trinajstić information content (AvgIpc) is 3.46. The molecule has 2 fully saturated rings. The topological polar surface area (TPSA) is 77.7 Å². The number of nitrogens with zero attached hydrogens (tertiary/aromatic N) is 5. The van der Waals surface area contributed by atoms with Crippen LogP contribution in [-0.4, -0.2) is 41.1 Å². The molecule has 1 spiro atoms. The number of nitriles is 1. The molecule has 3 aromatic heterocycles. The third kappa shape index (κ3) is 3.77. The second-order valence-corrected chi connectivity index (χ2v) is 10.5. The molecule has 1 N–H and O–H groups in total. The predicted octanol–water partition coefficient (Wildman–Crippen LogP) is 5.44. The summed E-state index contributed by atoms with van der Waals surface area (Å²) in [5, 5.41) is 13.8. The molecular formula is C27H27ClN6S. The minimum Gasteiger partial charge on any atom is -0.355 e. The van der Waals surface area contributed by atoms with E-state index in [-0.39, 0.29) is 12.4 Å². The molecule has 0 radical (unpaired) electrons. The highest BCUT2D eigenvalue weighted by molar-refractivity contribution is 7.13. The van der Waals surface area contributed by atoms with Crippen molar-refractivity contribution in [1.29, 1.82) is 5.26 Å². The molecule has 1 aromatic carbocycles. The lowest BCUT2D eigenvalue weighted by Crippen LogP contribution is -2.54. The van der Waals surface area contributed by atoms with Gasteiger partial charge in [-0.3, -0.25) is 4.98 Å². The molecule has 5 heterocycles. The average molecular weight is 503 g/mol. The number of hydrogen-bond donors (Lipinski definition) is 1. The lowest BCUT2D eigenvalue weighted by atomic mass is 9.81. The van der Waals surface area contributed by atoms with E-state index in [1.165, 1.54) is 11.1 Å². The van der Waals surface area contributed by atoms with Gasteiger partial charge in [-0.1, -0.05) is 18.2 Å². The van der Waals surface area contributed by atoms with Crippen molar-refractivity contribution >= 4 is 40.6 Å². The van der Waals surface area contributed by atoms with Crippen LogP contribution >= 0.6 is 23.7 Å². The van der Waals surface area contributed by atoms with Crippen LogP contribution in [0.25, 0.3) is 32.6 Å². The number of halogens is 1. The lowest BCUT2D eigenvalue weighted by Gasteiger charge is -2.39. The molecule has 6 rings (SSSR count). The minimum atomic E-state index is 0. The second-order valence-electron chi connectivity index (χ2n) is 9.68. The van der Waals surface area contributed by atoms with Crippen LogP contribution in [0.4, 0.5) is 5.82 Å². The zero-order valence-electron chi connectivity index (χ0n) is 20.1. The van der Waals surface area contributed by atoms with Crippen LogP contribution in [0.3, 0.4) is 0 Å². The van der Waals surface area contributed by atoms with Gasteiger partial charge in [-0.05, 0) is 49.9 Å². The number of aromatic nitrogens is 3. The van der Waals surface area contributed by atoms with E-state index in [1.807, 2.05) is 18.6 Å². The van der Waals surface area contributed by atoms with Gasteiger partial charge in [-0.15, -0.1) is 23.7 Å². The first-order valence-corrected chi connectivity index (χ1v) is 12.5. The van der Waals surface area contributed by atoms with Gasteiger partial charge in [0.15, 0.2) is 0 Å². The number of pyridine rings is 2. The summed E-state index contributed by atoms with van der Waals surface area (Å²) in [6.45, 7) is 10.2. The molecule has 0 aliphatic carbocycles. The fourth-order valence-electron chi connectivity index (χ4n) is 5.34. The van der Waals surface area contributed by atoms with Crippen molar-refractivity contribution in [2.24, 2.45) is 5.41 Å². The molecule has 0 unspecified atom stereocenters. The van der Waals surface area contributed by atoms with Gasteiger partial charge in [0.2, 0.25) is 0 Å². The lowest BCUT2D eigenvalue weighted by molar-refractivity contribution is 0.199. The van der Waals surface area contributed by atoms with Gasteiger partial charge < -0.3 is 10.2 Å². The quantitative estimate of drug-likeness (QED) is 0.402. The summed E-state index contributed by atoms with van der Waals surface area (Å²) in [6, 6.07) is 10.9. The highest BCUT2D eigenvalue weighted by Crippen LogP contribution is 2.42. The number of anilines is 1. The molecule has 2 aliphatic rings. The van der Waals surface area contributed by atoms with Gasteiger partial charge in [-0.25, -0.2) is 9.97 Å². The molecule has 0 bridgehead atoms. The van der Waals surface area contributed by atoms with Crippen molar-refractivity contribution in [3.63, 3.8) is 0 Å². The van der Waals surface area contributed by atoms with Crippen LogP contribution in [0.1, 0.15) is 28.8 Å². The summed E-state index contributed by atoms with van der Waals surface area (Å²) in [4.78, 5) is 17.8. The number of rotatable bonds is 3. The Bertz CT molecular complexity index is 1480. The highest BCUT2D eigenvalue weighted by Gasteiger charge is 2.44. The van der Waals surface area contributed by atoms with E-state index in [9.17, 15) is 5.26 Å². The normalized spacial score (nSPS) is 16.2. The summed E-state index contributed by atoms with van der Waals surface area (Å²) in [5.41, 5.74) is 10.7. The second kappa shape index (κ2) is 8.87. The predicted molar refractivity (Wildman–Crippen MR) is 144 cm³/mol. The molecular weight excluding hydrogens is 476 g/mol. The van der Waals surface area contributed by atoms with Crippen LogP contribution in [-0.2, 0) is 0 Å². The monoisotopic (exact) mass is 502 g/mol. The van der Waals surface area contributed by atoms with Crippen molar-refractivity contribution in [3.05, 3.63) is 58.4 Å². The molecule has 6 nitrogen and oxygen atoms in total. The van der Waals surface area contributed by atoms with Crippen LogP contribution < -0.4 is 10.2 Å². The summed E-state index contributed by atoms with van der Waals surface area (Å²) in [6.07, 6.45) is 3.02. The van der Waals surface area contributed by atoms with E-state index in [4.69, 9.17) is 9.97 Å². The Morgan fingerprint density at radius 1 is 1.17 bits per heavy atom. The fourth-order valence-corrected chi connectivity index (χ4v) is 6.12. The first-order chi connectivity index (χ1) is 16.5. The van der Waals surface area contributed by atoms with Crippen LogP contribution in [0.2, 0.25) is 0 Å². The number of nitrogens with one attached hydrogen (secondary N) is 1. The van der Waals surface area contributed by atoms with Crippen LogP contribution in [0.5, 0.6) is 0 Å². The molecule has 2 aliphatic heterocycles. The third-order valence-corrected chi connectivity index (χ3v) is 8.51. The molecule has 178 valence electrons. The molecule has 0 saturated carbocycles. The Labute approximate surface area is 215 Å². The van der Waals surface area contributed by atoms with Crippen molar-refractivity contribution < 1.29 is 0 Å². The maximum atomic E-state index is 10.4. The number of aryl methyl sites for hydroxylation is 2. The minimum absolute atomic E-state index is 0. The maximum Gasteiger partial charge on any atom is 0.148 e. The van der Waals surface area contributed by atoms with Gasteiger partial charge >= 0.3 is 0 Å². The first-order valence-electron chi connectivity index (χ1n) is 11.7. The molecule has 4 aromatic rings.